The fourth-order valence-corrected chi connectivity index (χ4v) is 4.71. The van der Waals surface area contributed by atoms with Crippen LogP contribution in [0.2, 0.25) is 0 Å². The second-order valence-corrected chi connectivity index (χ2v) is 7.73. The lowest BCUT2D eigenvalue weighted by Crippen LogP contribution is -2.34. The van der Waals surface area contributed by atoms with E-state index in [2.05, 4.69) is 4.98 Å². The van der Waals surface area contributed by atoms with Gasteiger partial charge in [0.05, 0.1) is 28.7 Å². The van der Waals surface area contributed by atoms with Gasteiger partial charge in [0.25, 0.3) is 0 Å². The van der Waals surface area contributed by atoms with Gasteiger partial charge in [-0.05, 0) is 6.07 Å². The average molecular weight is 416 g/mol. The van der Waals surface area contributed by atoms with E-state index in [1.807, 2.05) is 0 Å². The lowest BCUT2D eigenvalue weighted by molar-refractivity contribution is 0.0679. The van der Waals surface area contributed by atoms with E-state index < -0.39 is 23.2 Å². The maximum atomic E-state index is 14.9. The van der Waals surface area contributed by atoms with Crippen molar-refractivity contribution >= 4 is 40.3 Å². The van der Waals surface area contributed by atoms with Gasteiger partial charge in [0.2, 0.25) is 5.43 Å². The number of nitrogens with zero attached hydrogens (tertiary/aromatic N) is 4. The van der Waals surface area contributed by atoms with E-state index in [1.165, 1.54) is 30.1 Å². The predicted octanol–water partition coefficient (Wildman–Crippen LogP) is 1.82. The van der Waals surface area contributed by atoms with Crippen molar-refractivity contribution in [2.24, 2.45) is 0 Å². The fourth-order valence-electron chi connectivity index (χ4n) is 3.76. The molecule has 0 radical (unpaired) electrons. The van der Waals surface area contributed by atoms with Gasteiger partial charge in [-0.1, -0.05) is 11.8 Å². The van der Waals surface area contributed by atoms with Crippen LogP contribution >= 0.6 is 11.8 Å². The fraction of sp³-hybridized carbons (Fsp3) is 0.222. The number of rotatable bonds is 3. The van der Waals surface area contributed by atoms with Crippen LogP contribution < -0.4 is 10.3 Å². The monoisotopic (exact) mass is 416 g/mol. The Labute approximate surface area is 166 Å². The van der Waals surface area contributed by atoms with E-state index in [0.29, 0.717) is 35.3 Å². The van der Waals surface area contributed by atoms with Gasteiger partial charge < -0.3 is 24.2 Å². The van der Waals surface area contributed by atoms with Gasteiger partial charge >= 0.3 is 11.9 Å². The van der Waals surface area contributed by atoms with E-state index in [9.17, 15) is 23.9 Å². The first-order chi connectivity index (χ1) is 13.8. The highest BCUT2D eigenvalue weighted by Gasteiger charge is 2.29. The number of carboxylic acid groups (broad SMARTS) is 2. The van der Waals surface area contributed by atoms with Crippen LogP contribution in [0, 0.1) is 5.82 Å². The summed E-state index contributed by atoms with van der Waals surface area (Å²) in [5.41, 5.74) is -0.501. The van der Waals surface area contributed by atoms with E-state index in [1.54, 1.807) is 14.0 Å². The summed E-state index contributed by atoms with van der Waals surface area (Å²) >= 11 is 1.24. The molecule has 0 saturated carbocycles. The van der Waals surface area contributed by atoms with Gasteiger partial charge in [0, 0.05) is 30.7 Å². The molecule has 0 unspecified atom stereocenters. The van der Waals surface area contributed by atoms with E-state index in [4.69, 9.17) is 5.11 Å². The Hall–Kier alpha value is -3.34. The molecule has 2 aliphatic rings. The van der Waals surface area contributed by atoms with Crippen molar-refractivity contribution < 1.29 is 24.2 Å². The molecule has 0 aliphatic carbocycles. The van der Waals surface area contributed by atoms with Crippen LogP contribution in [0.25, 0.3) is 10.9 Å². The van der Waals surface area contributed by atoms with E-state index in [0.717, 1.165) is 0 Å². The standard InChI is InChI=1S/C18H13FN4O5S/c19-9-4-11-8(15(24)14(18(27)28)16-23(11)7-29-16)3-12(9)21-1-2-22-5-10(17(25)26)20-13(22)6-21/h3-5H,1-2,6-7H2,(H,25,26)(H,27,28). The van der Waals surface area contributed by atoms with Crippen LogP contribution in [0.1, 0.15) is 26.7 Å². The summed E-state index contributed by atoms with van der Waals surface area (Å²) in [5, 5.41) is 19.0. The zero-order valence-corrected chi connectivity index (χ0v) is 15.6. The molecule has 0 bridgehead atoms. The summed E-state index contributed by atoms with van der Waals surface area (Å²) in [6.07, 6.45) is 1.44. The summed E-state index contributed by atoms with van der Waals surface area (Å²) in [6.45, 7) is 0.968. The number of aromatic nitrogens is 3. The summed E-state index contributed by atoms with van der Waals surface area (Å²) in [7, 11) is 0. The van der Waals surface area contributed by atoms with Crippen molar-refractivity contribution in [2.75, 3.05) is 11.4 Å². The molecule has 11 heteroatoms. The quantitative estimate of drug-likeness (QED) is 0.664. The molecule has 0 spiro atoms. The Morgan fingerprint density at radius 1 is 1.17 bits per heavy atom. The minimum atomic E-state index is -1.31. The first-order valence-electron chi connectivity index (χ1n) is 8.65. The molecule has 0 saturated heterocycles. The number of thioether (sulfide) groups is 1. The lowest BCUT2D eigenvalue weighted by Gasteiger charge is -2.31. The summed E-state index contributed by atoms with van der Waals surface area (Å²) < 4.78 is 18.3. The zero-order valence-electron chi connectivity index (χ0n) is 14.8. The molecular formula is C18H13FN4O5S. The maximum Gasteiger partial charge on any atom is 0.356 e. The van der Waals surface area contributed by atoms with Gasteiger partial charge in [0.1, 0.15) is 17.2 Å². The predicted molar refractivity (Wildman–Crippen MR) is 101 cm³/mol. The number of carbonyl (C=O) groups is 2. The molecule has 2 aliphatic heterocycles. The second-order valence-electron chi connectivity index (χ2n) is 6.80. The third kappa shape index (κ3) is 2.54. The Morgan fingerprint density at radius 2 is 1.97 bits per heavy atom. The van der Waals surface area contributed by atoms with Gasteiger partial charge in [-0.15, -0.1) is 0 Å². The summed E-state index contributed by atoms with van der Waals surface area (Å²) in [5.74, 6) is -2.06. The van der Waals surface area contributed by atoms with E-state index >= 15 is 0 Å². The number of fused-ring (bicyclic) bond motifs is 4. The number of benzene rings is 1. The Balaban J connectivity index is 1.62. The van der Waals surface area contributed by atoms with Crippen LogP contribution in [0.4, 0.5) is 10.1 Å². The third-order valence-electron chi connectivity index (χ3n) is 5.19. The minimum Gasteiger partial charge on any atom is -0.477 e. The topological polar surface area (TPSA) is 118 Å². The molecule has 0 amide bonds. The van der Waals surface area contributed by atoms with Crippen LogP contribution in [0.5, 0.6) is 0 Å². The molecule has 5 rings (SSSR count). The largest absolute Gasteiger partial charge is 0.477 e. The molecule has 1 aromatic carbocycles. The molecular weight excluding hydrogens is 403 g/mol. The van der Waals surface area contributed by atoms with Crippen molar-refractivity contribution in [3.05, 3.63) is 51.5 Å². The van der Waals surface area contributed by atoms with Crippen molar-refractivity contribution in [1.29, 1.82) is 0 Å². The number of carboxylic acids is 2. The summed E-state index contributed by atoms with van der Waals surface area (Å²) in [4.78, 5) is 41.2. The number of aromatic carboxylic acids is 2. The lowest BCUT2D eigenvalue weighted by atomic mass is 10.1. The van der Waals surface area contributed by atoms with Gasteiger partial charge in [0.15, 0.2) is 5.69 Å². The highest BCUT2D eigenvalue weighted by molar-refractivity contribution is 7.99. The molecule has 9 nitrogen and oxygen atoms in total. The number of halogens is 1. The van der Waals surface area contributed by atoms with Crippen LogP contribution in [-0.4, -0.2) is 42.8 Å². The van der Waals surface area contributed by atoms with Crippen molar-refractivity contribution in [3.63, 3.8) is 0 Å². The molecule has 29 heavy (non-hydrogen) atoms. The molecule has 2 N–H and O–H groups in total. The molecule has 0 fully saturated rings. The highest BCUT2D eigenvalue weighted by atomic mass is 32.2. The Bertz CT molecular complexity index is 1300. The number of hydrogen-bond acceptors (Lipinski definition) is 6. The smallest absolute Gasteiger partial charge is 0.356 e. The molecule has 4 heterocycles. The molecule has 0 atom stereocenters. The molecule has 2 aromatic heterocycles. The van der Waals surface area contributed by atoms with Crippen molar-refractivity contribution in [1.82, 2.24) is 14.1 Å². The highest BCUT2D eigenvalue weighted by Crippen LogP contribution is 2.38. The number of imidazole rings is 1. The SMILES string of the molecule is O=C(O)c1cn2c(n1)CN(c1cc3c(=O)c(C(=O)O)c4n(c3cc1F)CS4)CC2. The number of pyridine rings is 1. The van der Waals surface area contributed by atoms with Gasteiger partial charge in [-0.2, -0.15) is 0 Å². The number of hydrogen-bond donors (Lipinski definition) is 2. The second kappa shape index (κ2) is 6.08. The number of anilines is 1. The zero-order chi connectivity index (χ0) is 20.4. The Morgan fingerprint density at radius 3 is 2.62 bits per heavy atom. The first-order valence-corrected chi connectivity index (χ1v) is 9.64. The Kier molecular flexibility index (Phi) is 3.72. The average Bonchev–Trinajstić information content (AvgIpc) is 3.07. The van der Waals surface area contributed by atoms with Gasteiger partial charge in [-0.3, -0.25) is 4.79 Å². The summed E-state index contributed by atoms with van der Waals surface area (Å²) in [6, 6.07) is 2.64. The minimum absolute atomic E-state index is 0.0815. The first kappa shape index (κ1) is 17.7. The van der Waals surface area contributed by atoms with Crippen molar-refractivity contribution in [3.8, 4) is 0 Å². The van der Waals surface area contributed by atoms with Crippen LogP contribution in [-0.2, 0) is 19.0 Å². The molecule has 3 aromatic rings. The van der Waals surface area contributed by atoms with Crippen molar-refractivity contribution in [2.45, 2.75) is 24.0 Å². The van der Waals surface area contributed by atoms with Gasteiger partial charge in [-0.25, -0.2) is 19.0 Å². The molecule has 148 valence electrons. The third-order valence-corrected chi connectivity index (χ3v) is 6.28. The van der Waals surface area contributed by atoms with Crippen LogP contribution in [0.15, 0.2) is 28.2 Å². The maximum absolute atomic E-state index is 14.9. The van der Waals surface area contributed by atoms with Crippen LogP contribution in [0.3, 0.4) is 0 Å². The normalized spacial score (nSPS) is 15.0. The van der Waals surface area contributed by atoms with E-state index in [-0.39, 0.29) is 28.9 Å².